The number of nitrogens with zero attached hydrogens (tertiary/aromatic N) is 7. The third kappa shape index (κ3) is 2.65. The predicted octanol–water partition coefficient (Wildman–Crippen LogP) is 2.01. The minimum absolute atomic E-state index is 0.491. The second-order valence-corrected chi connectivity index (χ2v) is 7.56. The summed E-state index contributed by atoms with van der Waals surface area (Å²) < 4.78 is 7.26. The lowest BCUT2D eigenvalue weighted by atomic mass is 9.85. The molecule has 0 bridgehead atoms. The molecule has 8 heteroatoms. The van der Waals surface area contributed by atoms with Gasteiger partial charge in [-0.25, -0.2) is 0 Å². The molecule has 4 heterocycles. The van der Waals surface area contributed by atoms with Gasteiger partial charge in [-0.05, 0) is 38.9 Å². The molecule has 0 radical (unpaired) electrons. The minimum atomic E-state index is 0.491. The Balaban J connectivity index is 1.26. The highest BCUT2D eigenvalue weighted by molar-refractivity contribution is 5.48. The van der Waals surface area contributed by atoms with Gasteiger partial charge in [0.05, 0.1) is 12.2 Å². The quantitative estimate of drug-likeness (QED) is 0.694. The number of likely N-dealkylation sites (N-methyl/N-ethyl adjacent to an activating group) is 1. The van der Waals surface area contributed by atoms with Crippen molar-refractivity contribution in [3.63, 3.8) is 0 Å². The summed E-state index contributed by atoms with van der Waals surface area (Å²) in [6.45, 7) is 4.65. The summed E-state index contributed by atoms with van der Waals surface area (Å²) in [4.78, 5) is 4.62. The van der Waals surface area contributed by atoms with Crippen molar-refractivity contribution >= 4 is 11.5 Å². The minimum Gasteiger partial charge on any atom is -0.360 e. The molecule has 0 atom stereocenters. The Morgan fingerprint density at radius 2 is 2.08 bits per heavy atom. The Kier molecular flexibility index (Phi) is 3.66. The van der Waals surface area contributed by atoms with Crippen LogP contribution >= 0.6 is 0 Å². The maximum absolute atomic E-state index is 5.32. The van der Waals surface area contributed by atoms with Crippen molar-refractivity contribution in [1.82, 2.24) is 29.9 Å². The molecule has 1 saturated heterocycles. The van der Waals surface area contributed by atoms with Crippen molar-refractivity contribution in [2.24, 2.45) is 0 Å². The summed E-state index contributed by atoms with van der Waals surface area (Å²) in [5, 5.41) is 17.4. The van der Waals surface area contributed by atoms with E-state index in [9.17, 15) is 0 Å². The maximum Gasteiger partial charge on any atom is 0.178 e. The molecule has 3 aromatic heterocycles. The van der Waals surface area contributed by atoms with Crippen molar-refractivity contribution in [3.05, 3.63) is 35.5 Å². The van der Waals surface area contributed by atoms with Crippen LogP contribution in [0.25, 0.3) is 5.65 Å². The summed E-state index contributed by atoms with van der Waals surface area (Å²) >= 11 is 0. The van der Waals surface area contributed by atoms with E-state index < -0.39 is 0 Å². The van der Waals surface area contributed by atoms with Crippen molar-refractivity contribution in [2.45, 2.75) is 44.7 Å². The molecule has 1 aliphatic heterocycles. The van der Waals surface area contributed by atoms with Crippen LogP contribution in [0, 0.1) is 6.92 Å². The average Bonchev–Trinajstić information content (AvgIpc) is 3.11. The molecule has 2 aliphatic rings. The van der Waals surface area contributed by atoms with E-state index in [2.05, 4.69) is 32.2 Å². The fraction of sp³-hybridized carbons (Fsp3) is 0.556. The molecule has 5 rings (SSSR count). The summed E-state index contributed by atoms with van der Waals surface area (Å²) in [6, 6.07) is 6.55. The lowest BCUT2D eigenvalue weighted by Crippen LogP contribution is -2.58. The van der Waals surface area contributed by atoms with Gasteiger partial charge >= 0.3 is 0 Å². The molecule has 0 spiro atoms. The molecule has 0 amide bonds. The van der Waals surface area contributed by atoms with Gasteiger partial charge in [-0.2, -0.15) is 4.52 Å². The zero-order valence-corrected chi connectivity index (χ0v) is 15.2. The molecule has 26 heavy (non-hydrogen) atoms. The summed E-state index contributed by atoms with van der Waals surface area (Å²) in [5.41, 5.74) is 1.77. The number of fused-ring (bicyclic) bond motifs is 1. The van der Waals surface area contributed by atoms with Gasteiger partial charge in [0.25, 0.3) is 0 Å². The Labute approximate surface area is 151 Å². The van der Waals surface area contributed by atoms with Crippen molar-refractivity contribution in [2.75, 3.05) is 25.0 Å². The van der Waals surface area contributed by atoms with Gasteiger partial charge in [0, 0.05) is 31.1 Å². The normalized spacial score (nSPS) is 18.5. The SMILES string of the molecule is Cc1cc(CN(C)C2CN(c3ccc4nnc(C5CCC5)n4n3)C2)on1. The maximum atomic E-state index is 5.32. The van der Waals surface area contributed by atoms with Gasteiger partial charge in [-0.3, -0.25) is 4.90 Å². The third-order valence-corrected chi connectivity index (χ3v) is 5.63. The zero-order valence-electron chi connectivity index (χ0n) is 15.2. The molecule has 3 aromatic rings. The number of anilines is 1. The number of rotatable bonds is 5. The van der Waals surface area contributed by atoms with E-state index in [1.54, 1.807) is 0 Å². The van der Waals surface area contributed by atoms with E-state index in [-0.39, 0.29) is 0 Å². The van der Waals surface area contributed by atoms with Gasteiger partial charge < -0.3 is 9.42 Å². The van der Waals surface area contributed by atoms with E-state index >= 15 is 0 Å². The van der Waals surface area contributed by atoms with Gasteiger partial charge in [-0.15, -0.1) is 15.3 Å². The molecule has 0 N–H and O–H groups in total. The van der Waals surface area contributed by atoms with Crippen LogP contribution in [-0.2, 0) is 6.54 Å². The number of aromatic nitrogens is 5. The predicted molar refractivity (Wildman–Crippen MR) is 96.1 cm³/mol. The highest BCUT2D eigenvalue weighted by Crippen LogP contribution is 2.35. The number of hydrogen-bond acceptors (Lipinski definition) is 7. The summed E-state index contributed by atoms with van der Waals surface area (Å²) in [5.74, 6) is 3.45. The van der Waals surface area contributed by atoms with Gasteiger partial charge in [0.2, 0.25) is 0 Å². The van der Waals surface area contributed by atoms with E-state index in [1.165, 1.54) is 19.3 Å². The standard InChI is InChI=1S/C18H23N7O/c1-12-8-15(26-22-12)11-23(2)14-9-24(10-14)17-7-6-16-19-20-18(25(16)21-17)13-4-3-5-13/h6-8,13-14H,3-5,9-11H2,1-2H3. The van der Waals surface area contributed by atoms with Crippen LogP contribution in [0.4, 0.5) is 5.82 Å². The van der Waals surface area contributed by atoms with Crippen LogP contribution in [0.5, 0.6) is 0 Å². The lowest BCUT2D eigenvalue weighted by Gasteiger charge is -2.44. The Hall–Kier alpha value is -2.48. The first-order valence-corrected chi connectivity index (χ1v) is 9.27. The van der Waals surface area contributed by atoms with E-state index in [1.807, 2.05) is 29.6 Å². The van der Waals surface area contributed by atoms with Crippen molar-refractivity contribution < 1.29 is 4.52 Å². The Morgan fingerprint density at radius 3 is 2.77 bits per heavy atom. The summed E-state index contributed by atoms with van der Waals surface area (Å²) in [7, 11) is 2.13. The van der Waals surface area contributed by atoms with Crippen LogP contribution in [0.3, 0.4) is 0 Å². The molecule has 0 aromatic carbocycles. The molecule has 1 aliphatic carbocycles. The zero-order chi connectivity index (χ0) is 17.7. The molecular weight excluding hydrogens is 330 g/mol. The van der Waals surface area contributed by atoms with E-state index in [4.69, 9.17) is 9.62 Å². The molecule has 2 fully saturated rings. The van der Waals surface area contributed by atoms with Gasteiger partial charge in [0.1, 0.15) is 5.82 Å². The van der Waals surface area contributed by atoms with Crippen molar-refractivity contribution in [3.8, 4) is 0 Å². The second-order valence-electron chi connectivity index (χ2n) is 7.56. The topological polar surface area (TPSA) is 75.6 Å². The van der Waals surface area contributed by atoms with E-state index in [0.717, 1.165) is 48.4 Å². The Morgan fingerprint density at radius 1 is 1.23 bits per heavy atom. The van der Waals surface area contributed by atoms with Crippen LogP contribution in [-0.4, -0.2) is 56.0 Å². The fourth-order valence-electron chi connectivity index (χ4n) is 3.67. The van der Waals surface area contributed by atoms with Crippen LogP contribution in [0.1, 0.15) is 42.5 Å². The monoisotopic (exact) mass is 353 g/mol. The smallest absolute Gasteiger partial charge is 0.178 e. The largest absolute Gasteiger partial charge is 0.360 e. The highest BCUT2D eigenvalue weighted by atomic mass is 16.5. The second kappa shape index (κ2) is 6.05. The Bertz CT molecular complexity index is 923. The van der Waals surface area contributed by atoms with Crippen LogP contribution in [0.2, 0.25) is 0 Å². The average molecular weight is 353 g/mol. The first-order chi connectivity index (χ1) is 12.7. The fourth-order valence-corrected chi connectivity index (χ4v) is 3.67. The molecule has 1 saturated carbocycles. The van der Waals surface area contributed by atoms with E-state index in [0.29, 0.717) is 12.0 Å². The van der Waals surface area contributed by atoms with Gasteiger partial charge in [0.15, 0.2) is 17.2 Å². The third-order valence-electron chi connectivity index (χ3n) is 5.63. The lowest BCUT2D eigenvalue weighted by molar-refractivity contribution is 0.177. The number of aryl methyl sites for hydroxylation is 1. The molecule has 136 valence electrons. The molecular formula is C18H23N7O. The van der Waals surface area contributed by atoms with Crippen LogP contribution in [0.15, 0.2) is 22.7 Å². The highest BCUT2D eigenvalue weighted by Gasteiger charge is 2.32. The van der Waals surface area contributed by atoms with Crippen molar-refractivity contribution in [1.29, 1.82) is 0 Å². The molecule has 0 unspecified atom stereocenters. The first kappa shape index (κ1) is 15.7. The van der Waals surface area contributed by atoms with Crippen LogP contribution < -0.4 is 4.90 Å². The summed E-state index contributed by atoms with van der Waals surface area (Å²) in [6.07, 6.45) is 3.68. The first-order valence-electron chi connectivity index (χ1n) is 9.27. The molecule has 8 nitrogen and oxygen atoms in total. The van der Waals surface area contributed by atoms with Gasteiger partial charge in [-0.1, -0.05) is 11.6 Å². The number of hydrogen-bond donors (Lipinski definition) is 0.